The van der Waals surface area contributed by atoms with Crippen LogP contribution in [0.2, 0.25) is 0 Å². The summed E-state index contributed by atoms with van der Waals surface area (Å²) in [5.41, 5.74) is 1.66. The Bertz CT molecular complexity index is 682. The largest absolute Gasteiger partial charge is 0.378 e. The molecule has 2 N–H and O–H groups in total. The number of nitrogens with zero attached hydrogens (tertiary/aromatic N) is 1. The summed E-state index contributed by atoms with van der Waals surface area (Å²) in [5.74, 6) is 0.296. The van der Waals surface area contributed by atoms with Gasteiger partial charge >= 0.3 is 0 Å². The van der Waals surface area contributed by atoms with E-state index in [2.05, 4.69) is 10.6 Å². The number of sulfone groups is 1. The molecule has 0 saturated carbocycles. The fourth-order valence-corrected chi connectivity index (χ4v) is 4.14. The van der Waals surface area contributed by atoms with Crippen molar-refractivity contribution in [1.29, 1.82) is 0 Å². The van der Waals surface area contributed by atoms with Crippen LogP contribution in [-0.4, -0.2) is 64.7 Å². The lowest BCUT2D eigenvalue weighted by Crippen LogP contribution is -2.43. The Kier molecular flexibility index (Phi) is 9.12. The number of anilines is 2. The lowest BCUT2D eigenvalue weighted by Gasteiger charge is -2.29. The van der Waals surface area contributed by atoms with Crippen LogP contribution in [0.4, 0.5) is 11.4 Å². The normalized spacial score (nSPS) is 21.8. The highest BCUT2D eigenvalue weighted by molar-refractivity contribution is 7.91. The molecule has 2 heterocycles. The van der Waals surface area contributed by atoms with E-state index in [9.17, 15) is 13.2 Å². The second-order valence-electron chi connectivity index (χ2n) is 6.17. The van der Waals surface area contributed by atoms with Crippen LogP contribution >= 0.6 is 24.8 Å². The quantitative estimate of drug-likeness (QED) is 0.750. The van der Waals surface area contributed by atoms with Crippen LogP contribution in [0.15, 0.2) is 24.3 Å². The molecule has 1 amide bonds. The van der Waals surface area contributed by atoms with Crippen molar-refractivity contribution in [3.05, 3.63) is 24.3 Å². The van der Waals surface area contributed by atoms with Crippen LogP contribution in [0.25, 0.3) is 0 Å². The topological polar surface area (TPSA) is 87.7 Å². The van der Waals surface area contributed by atoms with E-state index in [1.807, 2.05) is 29.2 Å². The molecule has 7 nitrogen and oxygen atoms in total. The van der Waals surface area contributed by atoms with E-state index in [1.165, 1.54) is 0 Å². The fourth-order valence-electron chi connectivity index (χ4n) is 2.94. The molecule has 0 radical (unpaired) electrons. The van der Waals surface area contributed by atoms with Crippen molar-refractivity contribution < 1.29 is 17.9 Å². The highest BCUT2D eigenvalue weighted by atomic mass is 35.5. The van der Waals surface area contributed by atoms with Gasteiger partial charge in [0.1, 0.15) is 0 Å². The predicted molar refractivity (Wildman–Crippen MR) is 108 cm³/mol. The van der Waals surface area contributed by atoms with Gasteiger partial charge in [0.25, 0.3) is 0 Å². The molecule has 2 fully saturated rings. The van der Waals surface area contributed by atoms with E-state index >= 15 is 0 Å². The van der Waals surface area contributed by atoms with Crippen LogP contribution in [0.1, 0.15) is 6.42 Å². The van der Waals surface area contributed by atoms with Crippen LogP contribution in [0, 0.1) is 0 Å². The van der Waals surface area contributed by atoms with Crippen molar-refractivity contribution in [2.45, 2.75) is 12.5 Å². The molecule has 1 aromatic rings. The summed E-state index contributed by atoms with van der Waals surface area (Å²) >= 11 is 0. The summed E-state index contributed by atoms with van der Waals surface area (Å²) in [7, 11) is -2.90. The summed E-state index contributed by atoms with van der Waals surface area (Å²) in [6, 6.07) is 7.59. The molecule has 2 saturated heterocycles. The lowest BCUT2D eigenvalue weighted by atomic mass is 10.2. The predicted octanol–water partition coefficient (Wildman–Crippen LogP) is 1.08. The first kappa shape index (κ1) is 23.0. The Balaban J connectivity index is 0.00000169. The number of benzene rings is 1. The number of carbonyl (C=O) groups is 1. The second kappa shape index (κ2) is 10.3. The molecule has 1 atom stereocenters. The molecule has 2 aliphatic heterocycles. The maximum absolute atomic E-state index is 12.2. The van der Waals surface area contributed by atoms with Crippen LogP contribution in [0.3, 0.4) is 0 Å². The van der Waals surface area contributed by atoms with Gasteiger partial charge in [-0.05, 0) is 18.2 Å². The van der Waals surface area contributed by atoms with E-state index in [-0.39, 0.29) is 48.3 Å². The number of halogens is 2. The molecule has 0 aromatic heterocycles. The van der Waals surface area contributed by atoms with Gasteiger partial charge in [-0.25, -0.2) is 8.42 Å². The number of amides is 1. The number of rotatable bonds is 4. The molecule has 1 aromatic carbocycles. The molecule has 10 heteroatoms. The molecule has 2 aliphatic rings. The standard InChI is InChI=1S/C16H23N3O4S.2ClH/c20-16(11-14-12-23-7-4-17-14)18-13-2-1-3-15(10-13)19-5-8-24(21,22)9-6-19;;/h1-3,10,14,17H,4-9,11-12H2,(H,18,20);2*1H. The Morgan fingerprint density at radius 2 is 2.00 bits per heavy atom. The third-order valence-electron chi connectivity index (χ3n) is 4.27. The number of carbonyl (C=O) groups excluding carboxylic acids is 1. The minimum atomic E-state index is -2.90. The number of morpholine rings is 1. The number of hydrogen-bond donors (Lipinski definition) is 2. The highest BCUT2D eigenvalue weighted by Crippen LogP contribution is 2.21. The Hall–Kier alpha value is -1.06. The molecule has 148 valence electrons. The van der Waals surface area contributed by atoms with E-state index in [4.69, 9.17) is 4.74 Å². The molecular formula is C16H25Cl2N3O4S. The van der Waals surface area contributed by atoms with E-state index < -0.39 is 9.84 Å². The zero-order valence-corrected chi connectivity index (χ0v) is 16.8. The monoisotopic (exact) mass is 425 g/mol. The molecular weight excluding hydrogens is 401 g/mol. The SMILES string of the molecule is Cl.Cl.O=C(CC1COCCN1)Nc1cccc(N2CCS(=O)(=O)CC2)c1. The van der Waals surface area contributed by atoms with Crippen molar-refractivity contribution in [2.75, 3.05) is 54.6 Å². The minimum Gasteiger partial charge on any atom is -0.378 e. The number of nitrogens with one attached hydrogen (secondary N) is 2. The van der Waals surface area contributed by atoms with Crippen molar-refractivity contribution >= 4 is 51.9 Å². The van der Waals surface area contributed by atoms with Gasteiger partial charge in [0, 0.05) is 43.5 Å². The van der Waals surface area contributed by atoms with Crippen molar-refractivity contribution in [1.82, 2.24) is 5.32 Å². The Labute approximate surface area is 166 Å². The minimum absolute atomic E-state index is 0. The third-order valence-corrected chi connectivity index (χ3v) is 5.88. The molecule has 26 heavy (non-hydrogen) atoms. The van der Waals surface area contributed by atoms with Gasteiger partial charge < -0.3 is 20.3 Å². The van der Waals surface area contributed by atoms with Crippen molar-refractivity contribution in [3.8, 4) is 0 Å². The molecule has 3 rings (SSSR count). The maximum atomic E-state index is 12.2. The van der Waals surface area contributed by atoms with Crippen LogP contribution in [0.5, 0.6) is 0 Å². The average molecular weight is 426 g/mol. The second-order valence-corrected chi connectivity index (χ2v) is 8.47. The number of ether oxygens (including phenoxy) is 1. The van der Waals surface area contributed by atoms with Gasteiger partial charge in [-0.2, -0.15) is 0 Å². The van der Waals surface area contributed by atoms with E-state index in [0.717, 1.165) is 17.9 Å². The summed E-state index contributed by atoms with van der Waals surface area (Å²) in [6.07, 6.45) is 0.367. The van der Waals surface area contributed by atoms with Gasteiger partial charge in [0.2, 0.25) is 5.91 Å². The first-order chi connectivity index (χ1) is 11.5. The van der Waals surface area contributed by atoms with Crippen LogP contribution < -0.4 is 15.5 Å². The molecule has 0 spiro atoms. The molecule has 0 aliphatic carbocycles. The average Bonchev–Trinajstić information content (AvgIpc) is 2.56. The van der Waals surface area contributed by atoms with Gasteiger partial charge in [-0.1, -0.05) is 6.07 Å². The van der Waals surface area contributed by atoms with Gasteiger partial charge in [-0.3, -0.25) is 4.79 Å². The third kappa shape index (κ3) is 6.59. The zero-order valence-electron chi connectivity index (χ0n) is 14.3. The smallest absolute Gasteiger partial charge is 0.226 e. The summed E-state index contributed by atoms with van der Waals surface area (Å²) in [6.45, 7) is 2.98. The van der Waals surface area contributed by atoms with Gasteiger partial charge in [-0.15, -0.1) is 24.8 Å². The summed E-state index contributed by atoms with van der Waals surface area (Å²) in [4.78, 5) is 14.2. The summed E-state index contributed by atoms with van der Waals surface area (Å²) in [5, 5.41) is 6.16. The van der Waals surface area contributed by atoms with E-state index in [1.54, 1.807) is 0 Å². The number of hydrogen-bond acceptors (Lipinski definition) is 6. The maximum Gasteiger partial charge on any atom is 0.226 e. The van der Waals surface area contributed by atoms with Crippen molar-refractivity contribution in [3.63, 3.8) is 0 Å². The van der Waals surface area contributed by atoms with Crippen molar-refractivity contribution in [2.24, 2.45) is 0 Å². The van der Waals surface area contributed by atoms with E-state index in [0.29, 0.717) is 32.7 Å². The molecule has 0 bridgehead atoms. The Morgan fingerprint density at radius 3 is 2.65 bits per heavy atom. The first-order valence-corrected chi connectivity index (χ1v) is 10.0. The first-order valence-electron chi connectivity index (χ1n) is 8.18. The zero-order chi connectivity index (χ0) is 17.0. The summed E-state index contributed by atoms with van der Waals surface area (Å²) < 4.78 is 28.4. The van der Waals surface area contributed by atoms with Crippen LogP contribution in [-0.2, 0) is 19.4 Å². The van der Waals surface area contributed by atoms with Gasteiger partial charge in [0.15, 0.2) is 9.84 Å². The lowest BCUT2D eigenvalue weighted by molar-refractivity contribution is -0.117. The highest BCUT2D eigenvalue weighted by Gasteiger charge is 2.22. The Morgan fingerprint density at radius 1 is 1.27 bits per heavy atom. The van der Waals surface area contributed by atoms with Gasteiger partial charge in [0.05, 0.1) is 24.7 Å². The fraction of sp³-hybridized carbons (Fsp3) is 0.562. The molecule has 1 unspecified atom stereocenters.